The molecule has 146 valence electrons. The number of rotatable bonds is 3. The van der Waals surface area contributed by atoms with Gasteiger partial charge in [-0.1, -0.05) is 35.3 Å². The molecule has 0 aliphatic carbocycles. The third kappa shape index (κ3) is 3.55. The lowest BCUT2D eigenvalue weighted by Crippen LogP contribution is -2.52. The van der Waals surface area contributed by atoms with Gasteiger partial charge in [-0.2, -0.15) is 0 Å². The van der Waals surface area contributed by atoms with Crippen molar-refractivity contribution in [2.24, 2.45) is 0 Å². The monoisotopic (exact) mass is 419 g/mol. The summed E-state index contributed by atoms with van der Waals surface area (Å²) in [5.41, 5.74) is 1.19. The number of benzene rings is 2. The normalized spacial score (nSPS) is 20.9. The Labute approximate surface area is 172 Å². The van der Waals surface area contributed by atoms with Crippen molar-refractivity contribution in [3.63, 3.8) is 0 Å². The summed E-state index contributed by atoms with van der Waals surface area (Å²) < 4.78 is 0. The van der Waals surface area contributed by atoms with Gasteiger partial charge in [0.25, 0.3) is 5.91 Å². The number of aromatic hydroxyl groups is 1. The maximum Gasteiger partial charge on any atom is 0.251 e. The minimum Gasteiger partial charge on any atom is -0.506 e. The standard InChI is InChI=1S/C20H19Cl2N3O3/c21-13-9-14(22)11-15(10-13)25-19(27)12-17(20(25)28)24-7-5-23(6-8-24)16-3-1-2-4-18(16)26/h1-4,9-11,17,26H,5-8,12H2/t17-/m1/s1. The molecule has 0 aromatic heterocycles. The topological polar surface area (TPSA) is 64.1 Å². The highest BCUT2D eigenvalue weighted by atomic mass is 35.5. The van der Waals surface area contributed by atoms with Crippen LogP contribution in [0.4, 0.5) is 11.4 Å². The van der Waals surface area contributed by atoms with E-state index in [1.54, 1.807) is 30.3 Å². The van der Waals surface area contributed by atoms with E-state index < -0.39 is 6.04 Å². The largest absolute Gasteiger partial charge is 0.506 e. The highest BCUT2D eigenvalue weighted by Crippen LogP contribution is 2.32. The molecule has 0 unspecified atom stereocenters. The molecular weight excluding hydrogens is 401 g/mol. The van der Waals surface area contributed by atoms with E-state index in [0.717, 1.165) is 5.69 Å². The van der Waals surface area contributed by atoms with Gasteiger partial charge in [-0.25, -0.2) is 4.90 Å². The van der Waals surface area contributed by atoms with Crippen molar-refractivity contribution in [1.29, 1.82) is 0 Å². The number of phenols is 1. The molecule has 6 nitrogen and oxygen atoms in total. The summed E-state index contributed by atoms with van der Waals surface area (Å²) in [5.74, 6) is -0.261. The highest BCUT2D eigenvalue weighted by Gasteiger charge is 2.43. The smallest absolute Gasteiger partial charge is 0.251 e. The predicted molar refractivity (Wildman–Crippen MR) is 109 cm³/mol. The maximum atomic E-state index is 13.0. The van der Waals surface area contributed by atoms with Crippen LogP contribution in [0.2, 0.25) is 10.0 Å². The summed E-state index contributed by atoms with van der Waals surface area (Å²) >= 11 is 12.1. The molecule has 0 spiro atoms. The Balaban J connectivity index is 1.47. The number of amides is 2. The molecule has 2 heterocycles. The first-order chi connectivity index (χ1) is 13.4. The van der Waals surface area contributed by atoms with Crippen LogP contribution in [-0.4, -0.2) is 54.0 Å². The van der Waals surface area contributed by atoms with Crippen LogP contribution in [0.3, 0.4) is 0 Å². The van der Waals surface area contributed by atoms with E-state index in [1.807, 2.05) is 17.0 Å². The molecule has 0 bridgehead atoms. The van der Waals surface area contributed by atoms with Crippen molar-refractivity contribution in [2.45, 2.75) is 12.5 Å². The van der Waals surface area contributed by atoms with Gasteiger partial charge in [-0.05, 0) is 30.3 Å². The van der Waals surface area contributed by atoms with Gasteiger partial charge in [0, 0.05) is 36.2 Å². The molecule has 8 heteroatoms. The number of hydrogen-bond acceptors (Lipinski definition) is 5. The molecule has 2 amide bonds. The summed E-state index contributed by atoms with van der Waals surface area (Å²) in [6.45, 7) is 2.58. The second-order valence-electron chi connectivity index (χ2n) is 6.93. The van der Waals surface area contributed by atoms with Crippen LogP contribution in [0, 0.1) is 0 Å². The van der Waals surface area contributed by atoms with Crippen molar-refractivity contribution in [3.8, 4) is 5.75 Å². The number of carbonyl (C=O) groups excluding carboxylic acids is 2. The van der Waals surface area contributed by atoms with E-state index >= 15 is 0 Å². The van der Waals surface area contributed by atoms with Crippen LogP contribution in [0.5, 0.6) is 5.75 Å². The Morgan fingerprint density at radius 2 is 1.57 bits per heavy atom. The third-order valence-corrected chi connectivity index (χ3v) is 5.64. The number of halogens is 2. The van der Waals surface area contributed by atoms with E-state index in [0.29, 0.717) is 41.9 Å². The number of hydrogen-bond donors (Lipinski definition) is 1. The van der Waals surface area contributed by atoms with Gasteiger partial charge in [0.05, 0.1) is 23.8 Å². The first-order valence-electron chi connectivity index (χ1n) is 9.04. The quantitative estimate of drug-likeness (QED) is 0.774. The first-order valence-corrected chi connectivity index (χ1v) is 9.79. The highest BCUT2D eigenvalue weighted by molar-refractivity contribution is 6.35. The summed E-state index contributed by atoms with van der Waals surface area (Å²) in [7, 11) is 0. The number of imide groups is 1. The van der Waals surface area contributed by atoms with Crippen LogP contribution in [0.25, 0.3) is 0 Å². The van der Waals surface area contributed by atoms with Crippen LogP contribution in [0.1, 0.15) is 6.42 Å². The molecule has 28 heavy (non-hydrogen) atoms. The summed E-state index contributed by atoms with van der Waals surface area (Å²) in [6.07, 6.45) is 0.138. The minimum atomic E-state index is -0.489. The molecule has 4 rings (SSSR count). The SMILES string of the molecule is O=C1C[C@@H](N2CCN(c3ccccc3O)CC2)C(=O)N1c1cc(Cl)cc(Cl)c1. The van der Waals surface area contributed by atoms with Gasteiger partial charge in [-0.15, -0.1) is 0 Å². The fourth-order valence-electron chi connectivity index (χ4n) is 3.85. The van der Waals surface area contributed by atoms with E-state index in [1.165, 1.54) is 4.90 Å². The van der Waals surface area contributed by atoms with Gasteiger partial charge in [0.2, 0.25) is 5.91 Å². The van der Waals surface area contributed by atoms with Crippen molar-refractivity contribution >= 4 is 46.4 Å². The fourth-order valence-corrected chi connectivity index (χ4v) is 4.36. The number of anilines is 2. The van der Waals surface area contributed by atoms with Gasteiger partial charge in [0.15, 0.2) is 0 Å². The predicted octanol–water partition coefficient (Wildman–Crippen LogP) is 3.15. The van der Waals surface area contributed by atoms with Crippen LogP contribution >= 0.6 is 23.2 Å². The van der Waals surface area contributed by atoms with E-state index in [9.17, 15) is 14.7 Å². The molecule has 2 aromatic rings. The zero-order valence-corrected chi connectivity index (χ0v) is 16.5. The van der Waals surface area contributed by atoms with Crippen molar-refractivity contribution in [1.82, 2.24) is 4.90 Å². The number of nitrogens with zero attached hydrogens (tertiary/aromatic N) is 3. The summed E-state index contributed by atoms with van der Waals surface area (Å²) in [6, 6.07) is 11.4. The zero-order chi connectivity index (χ0) is 19.8. The fraction of sp³-hybridized carbons (Fsp3) is 0.300. The molecule has 2 fully saturated rings. The summed E-state index contributed by atoms with van der Waals surface area (Å²) in [5, 5.41) is 10.8. The molecule has 2 aliphatic rings. The van der Waals surface area contributed by atoms with Crippen molar-refractivity contribution < 1.29 is 14.7 Å². The number of para-hydroxylation sites is 2. The Morgan fingerprint density at radius 3 is 2.21 bits per heavy atom. The molecule has 1 atom stereocenters. The minimum absolute atomic E-state index is 0.138. The Kier molecular flexibility index (Phi) is 5.19. The van der Waals surface area contributed by atoms with Gasteiger partial charge >= 0.3 is 0 Å². The lowest BCUT2D eigenvalue weighted by molar-refractivity contribution is -0.123. The summed E-state index contributed by atoms with van der Waals surface area (Å²) in [4.78, 5) is 30.8. The van der Waals surface area contributed by atoms with Gasteiger partial charge < -0.3 is 10.0 Å². The van der Waals surface area contributed by atoms with E-state index in [4.69, 9.17) is 23.2 Å². The Morgan fingerprint density at radius 1 is 0.929 bits per heavy atom. The average Bonchev–Trinajstić information content (AvgIpc) is 2.96. The molecule has 2 aromatic carbocycles. The Hall–Kier alpha value is -2.28. The third-order valence-electron chi connectivity index (χ3n) is 5.21. The number of carbonyl (C=O) groups is 2. The number of piperazine rings is 1. The van der Waals surface area contributed by atoms with E-state index in [-0.39, 0.29) is 24.0 Å². The van der Waals surface area contributed by atoms with Gasteiger partial charge in [-0.3, -0.25) is 14.5 Å². The average molecular weight is 420 g/mol. The van der Waals surface area contributed by atoms with Gasteiger partial charge in [0.1, 0.15) is 5.75 Å². The van der Waals surface area contributed by atoms with E-state index in [2.05, 4.69) is 4.90 Å². The molecule has 2 saturated heterocycles. The molecule has 0 radical (unpaired) electrons. The molecule has 1 N–H and O–H groups in total. The molecule has 2 aliphatic heterocycles. The van der Waals surface area contributed by atoms with Crippen LogP contribution in [0.15, 0.2) is 42.5 Å². The number of phenolic OH excluding ortho intramolecular Hbond substituents is 1. The van der Waals surface area contributed by atoms with Crippen molar-refractivity contribution in [2.75, 3.05) is 36.0 Å². The zero-order valence-electron chi connectivity index (χ0n) is 15.0. The first kappa shape index (κ1) is 19.1. The lowest BCUT2D eigenvalue weighted by atomic mass is 10.1. The Bertz CT molecular complexity index is 908. The van der Waals surface area contributed by atoms with Crippen LogP contribution < -0.4 is 9.80 Å². The second kappa shape index (κ2) is 7.62. The maximum absolute atomic E-state index is 13.0. The second-order valence-corrected chi connectivity index (χ2v) is 7.80. The molecular formula is C20H19Cl2N3O3. The molecule has 0 saturated carbocycles. The van der Waals surface area contributed by atoms with Crippen molar-refractivity contribution in [3.05, 3.63) is 52.5 Å². The lowest BCUT2D eigenvalue weighted by Gasteiger charge is -2.38. The van der Waals surface area contributed by atoms with Crippen LogP contribution in [-0.2, 0) is 9.59 Å².